The lowest BCUT2D eigenvalue weighted by atomic mass is 10.1. The third-order valence-corrected chi connectivity index (χ3v) is 3.10. The summed E-state index contributed by atoms with van der Waals surface area (Å²) in [5, 5.41) is 2.95. The van der Waals surface area contributed by atoms with Crippen LogP contribution < -0.4 is 5.32 Å². The molecule has 0 aliphatic rings. The van der Waals surface area contributed by atoms with E-state index < -0.39 is 0 Å². The van der Waals surface area contributed by atoms with Crippen LogP contribution in [-0.2, 0) is 6.42 Å². The highest BCUT2D eigenvalue weighted by Crippen LogP contribution is 2.10. The molecule has 0 saturated carbocycles. The maximum Gasteiger partial charge on any atom is 0.251 e. The maximum atomic E-state index is 12.1. The quantitative estimate of drug-likeness (QED) is 0.910. The van der Waals surface area contributed by atoms with Gasteiger partial charge >= 0.3 is 0 Å². The summed E-state index contributed by atoms with van der Waals surface area (Å²) in [6, 6.07) is 13.3. The number of carbonyl (C=O) groups is 1. The van der Waals surface area contributed by atoms with Crippen molar-refractivity contribution in [2.45, 2.75) is 26.3 Å². The molecule has 0 fully saturated rings. The summed E-state index contributed by atoms with van der Waals surface area (Å²) in [6.07, 6.45) is 2.71. The van der Waals surface area contributed by atoms with Crippen LogP contribution in [0.4, 0.5) is 0 Å². The summed E-state index contributed by atoms with van der Waals surface area (Å²) in [5.74, 6) is -0.0687. The van der Waals surface area contributed by atoms with Gasteiger partial charge in [-0.05, 0) is 43.2 Å². The van der Waals surface area contributed by atoms with Gasteiger partial charge < -0.3 is 5.32 Å². The van der Waals surface area contributed by atoms with Crippen LogP contribution in [0.15, 0.2) is 48.7 Å². The van der Waals surface area contributed by atoms with Gasteiger partial charge in [-0.2, -0.15) is 0 Å². The number of nitrogens with zero attached hydrogens (tertiary/aromatic N) is 1. The molecule has 0 bridgehead atoms. The summed E-state index contributed by atoms with van der Waals surface area (Å²) < 4.78 is 0. The second-order valence-corrected chi connectivity index (χ2v) is 4.50. The van der Waals surface area contributed by atoms with E-state index in [2.05, 4.69) is 17.2 Å². The lowest BCUT2D eigenvalue weighted by Crippen LogP contribution is -2.27. The SMILES string of the molecule is CCc1ccc(C(=O)N[C@@H](C)c2ccccn2)cc1. The number of rotatable bonds is 4. The molecule has 0 aliphatic carbocycles. The minimum Gasteiger partial charge on any atom is -0.344 e. The van der Waals surface area contributed by atoms with Gasteiger partial charge in [-0.3, -0.25) is 9.78 Å². The first-order valence-electron chi connectivity index (χ1n) is 6.51. The molecule has 98 valence electrons. The predicted molar refractivity (Wildman–Crippen MR) is 75.9 cm³/mol. The highest BCUT2D eigenvalue weighted by molar-refractivity contribution is 5.94. The second kappa shape index (κ2) is 6.14. The Morgan fingerprint density at radius 1 is 1.21 bits per heavy atom. The Labute approximate surface area is 113 Å². The van der Waals surface area contributed by atoms with Gasteiger partial charge in [0.15, 0.2) is 0 Å². The first-order valence-corrected chi connectivity index (χ1v) is 6.51. The molecular weight excluding hydrogens is 236 g/mol. The summed E-state index contributed by atoms with van der Waals surface area (Å²) in [5.41, 5.74) is 2.77. The van der Waals surface area contributed by atoms with E-state index in [9.17, 15) is 4.79 Å². The van der Waals surface area contributed by atoms with E-state index in [4.69, 9.17) is 0 Å². The van der Waals surface area contributed by atoms with E-state index in [1.807, 2.05) is 49.4 Å². The Bertz CT molecular complexity index is 534. The van der Waals surface area contributed by atoms with E-state index in [1.54, 1.807) is 6.20 Å². The fourth-order valence-corrected chi connectivity index (χ4v) is 1.88. The van der Waals surface area contributed by atoms with Crippen molar-refractivity contribution >= 4 is 5.91 Å². The Morgan fingerprint density at radius 2 is 1.95 bits per heavy atom. The maximum absolute atomic E-state index is 12.1. The van der Waals surface area contributed by atoms with E-state index in [0.717, 1.165) is 12.1 Å². The molecule has 0 spiro atoms. The zero-order chi connectivity index (χ0) is 13.7. The van der Waals surface area contributed by atoms with Crippen molar-refractivity contribution < 1.29 is 4.79 Å². The third kappa shape index (κ3) is 3.41. The molecule has 19 heavy (non-hydrogen) atoms. The number of carbonyl (C=O) groups excluding carboxylic acids is 1. The minimum absolute atomic E-state index is 0.0687. The number of pyridine rings is 1. The monoisotopic (exact) mass is 254 g/mol. The predicted octanol–water partition coefficient (Wildman–Crippen LogP) is 3.14. The van der Waals surface area contributed by atoms with Crippen molar-refractivity contribution in [3.63, 3.8) is 0 Å². The van der Waals surface area contributed by atoms with Crippen molar-refractivity contribution in [3.8, 4) is 0 Å². The van der Waals surface area contributed by atoms with Crippen LogP contribution in [0, 0.1) is 0 Å². The second-order valence-electron chi connectivity index (χ2n) is 4.50. The number of hydrogen-bond donors (Lipinski definition) is 1. The molecule has 3 heteroatoms. The van der Waals surface area contributed by atoms with E-state index in [0.29, 0.717) is 5.56 Å². The molecule has 1 aromatic heterocycles. The zero-order valence-electron chi connectivity index (χ0n) is 11.3. The van der Waals surface area contributed by atoms with Crippen LogP contribution >= 0.6 is 0 Å². The number of amides is 1. The van der Waals surface area contributed by atoms with E-state index in [1.165, 1.54) is 5.56 Å². The number of benzene rings is 1. The van der Waals surface area contributed by atoms with Crippen molar-refractivity contribution in [1.82, 2.24) is 10.3 Å². The number of nitrogens with one attached hydrogen (secondary N) is 1. The molecule has 2 rings (SSSR count). The van der Waals surface area contributed by atoms with E-state index >= 15 is 0 Å². The Morgan fingerprint density at radius 3 is 2.53 bits per heavy atom. The Hall–Kier alpha value is -2.16. The summed E-state index contributed by atoms with van der Waals surface area (Å²) >= 11 is 0. The fourth-order valence-electron chi connectivity index (χ4n) is 1.88. The highest BCUT2D eigenvalue weighted by Gasteiger charge is 2.11. The van der Waals surface area contributed by atoms with Crippen LogP contribution in [0.5, 0.6) is 0 Å². The lowest BCUT2D eigenvalue weighted by Gasteiger charge is -2.13. The number of hydrogen-bond acceptors (Lipinski definition) is 2. The Balaban J connectivity index is 2.04. The number of aromatic nitrogens is 1. The Kier molecular flexibility index (Phi) is 4.29. The van der Waals surface area contributed by atoms with Gasteiger partial charge in [-0.1, -0.05) is 25.1 Å². The van der Waals surface area contributed by atoms with Gasteiger partial charge in [-0.25, -0.2) is 0 Å². The molecular formula is C16H18N2O. The van der Waals surface area contributed by atoms with Crippen LogP contribution in [-0.4, -0.2) is 10.9 Å². The highest BCUT2D eigenvalue weighted by atomic mass is 16.1. The van der Waals surface area contributed by atoms with Crippen molar-refractivity contribution in [1.29, 1.82) is 0 Å². The normalized spacial score (nSPS) is 11.9. The smallest absolute Gasteiger partial charge is 0.251 e. The summed E-state index contributed by atoms with van der Waals surface area (Å²) in [7, 11) is 0. The first kappa shape index (κ1) is 13.3. The molecule has 1 heterocycles. The molecule has 1 atom stereocenters. The van der Waals surface area contributed by atoms with Crippen LogP contribution in [0.25, 0.3) is 0 Å². The van der Waals surface area contributed by atoms with Gasteiger partial charge in [-0.15, -0.1) is 0 Å². The molecule has 1 aromatic carbocycles. The molecule has 0 saturated heterocycles. The lowest BCUT2D eigenvalue weighted by molar-refractivity contribution is 0.0939. The molecule has 2 aromatic rings. The summed E-state index contributed by atoms with van der Waals surface area (Å²) in [6.45, 7) is 4.03. The molecule has 1 amide bonds. The number of aryl methyl sites for hydroxylation is 1. The average molecular weight is 254 g/mol. The van der Waals surface area contributed by atoms with Gasteiger partial charge in [0.25, 0.3) is 5.91 Å². The van der Waals surface area contributed by atoms with Crippen LogP contribution in [0.3, 0.4) is 0 Å². The van der Waals surface area contributed by atoms with E-state index in [-0.39, 0.29) is 11.9 Å². The largest absolute Gasteiger partial charge is 0.344 e. The molecule has 0 unspecified atom stereocenters. The van der Waals surface area contributed by atoms with Gasteiger partial charge in [0.2, 0.25) is 0 Å². The molecule has 3 nitrogen and oxygen atoms in total. The average Bonchev–Trinajstić information content (AvgIpc) is 2.48. The van der Waals surface area contributed by atoms with Crippen molar-refractivity contribution in [2.24, 2.45) is 0 Å². The van der Waals surface area contributed by atoms with Gasteiger partial charge in [0.05, 0.1) is 11.7 Å². The summed E-state index contributed by atoms with van der Waals surface area (Å²) in [4.78, 5) is 16.3. The van der Waals surface area contributed by atoms with Gasteiger partial charge in [0, 0.05) is 11.8 Å². The standard InChI is InChI=1S/C16H18N2O/c1-3-13-7-9-14(10-8-13)16(19)18-12(2)15-6-4-5-11-17-15/h4-12H,3H2,1-2H3,(H,18,19)/t12-/m0/s1. The van der Waals surface area contributed by atoms with Crippen molar-refractivity contribution in [3.05, 3.63) is 65.5 Å². The minimum atomic E-state index is -0.0976. The zero-order valence-corrected chi connectivity index (χ0v) is 11.3. The van der Waals surface area contributed by atoms with Crippen LogP contribution in [0.2, 0.25) is 0 Å². The first-order chi connectivity index (χ1) is 9.20. The third-order valence-electron chi connectivity index (χ3n) is 3.10. The van der Waals surface area contributed by atoms with Crippen molar-refractivity contribution in [2.75, 3.05) is 0 Å². The molecule has 0 radical (unpaired) electrons. The topological polar surface area (TPSA) is 42.0 Å². The van der Waals surface area contributed by atoms with Crippen LogP contribution in [0.1, 0.15) is 41.5 Å². The molecule has 1 N–H and O–H groups in total. The van der Waals surface area contributed by atoms with Gasteiger partial charge in [0.1, 0.15) is 0 Å². The molecule has 0 aliphatic heterocycles. The fraction of sp³-hybridized carbons (Fsp3) is 0.250.